The molecule has 0 N–H and O–H groups in total. The minimum Gasteiger partial charge on any atom is -0.446 e. The first-order valence-corrected chi connectivity index (χ1v) is 7.08. The predicted octanol–water partition coefficient (Wildman–Crippen LogP) is 3.26. The molecule has 0 spiro atoms. The number of rotatable bonds is 4. The molecule has 0 unspecified atom stereocenters. The summed E-state index contributed by atoms with van der Waals surface area (Å²) < 4.78 is 14.9. The van der Waals surface area contributed by atoms with Crippen LogP contribution in [-0.2, 0) is 14.2 Å². The molecule has 0 saturated carbocycles. The molecule has 1 rings (SSSR count). The highest BCUT2D eigenvalue weighted by Gasteiger charge is 2.15. The summed E-state index contributed by atoms with van der Waals surface area (Å²) in [7, 11) is 0. The van der Waals surface area contributed by atoms with Gasteiger partial charge in [0.1, 0.15) is 6.07 Å². The Hall–Kier alpha value is -2.88. The van der Waals surface area contributed by atoms with Crippen LogP contribution in [-0.4, -0.2) is 30.2 Å². The number of nitrogens with zero attached hydrogens (tertiary/aromatic N) is 3. The molecule has 0 aliphatic heterocycles. The molecule has 0 aliphatic carbocycles. The predicted molar refractivity (Wildman–Crippen MR) is 85.0 cm³/mol. The summed E-state index contributed by atoms with van der Waals surface area (Å²) in [4.78, 5) is 11.5. The third kappa shape index (κ3) is 7.09. The minimum atomic E-state index is -0.951. The second kappa shape index (κ2) is 9.20. The second-order valence-electron chi connectivity index (χ2n) is 4.98. The highest BCUT2D eigenvalue weighted by Crippen LogP contribution is 2.03. The van der Waals surface area contributed by atoms with E-state index in [4.69, 9.17) is 19.5 Å². The van der Waals surface area contributed by atoms with E-state index in [9.17, 15) is 4.79 Å². The van der Waals surface area contributed by atoms with E-state index in [1.165, 1.54) is 0 Å². The van der Waals surface area contributed by atoms with Crippen molar-refractivity contribution in [2.24, 2.45) is 10.2 Å². The molecule has 0 fully saturated rings. The van der Waals surface area contributed by atoms with E-state index in [0.29, 0.717) is 5.56 Å². The van der Waals surface area contributed by atoms with Crippen molar-refractivity contribution in [1.29, 1.82) is 5.26 Å². The van der Waals surface area contributed by atoms with Gasteiger partial charge in [0, 0.05) is 5.56 Å². The van der Waals surface area contributed by atoms with Crippen molar-refractivity contribution in [3.8, 4) is 6.07 Å². The Labute approximate surface area is 135 Å². The molecule has 7 nitrogen and oxygen atoms in total. The van der Waals surface area contributed by atoms with Gasteiger partial charge in [-0.1, -0.05) is 35.4 Å². The lowest BCUT2D eigenvalue weighted by atomic mass is 10.1. The van der Waals surface area contributed by atoms with Crippen molar-refractivity contribution >= 4 is 18.0 Å². The van der Waals surface area contributed by atoms with Crippen molar-refractivity contribution in [1.82, 2.24) is 0 Å². The molecule has 7 heteroatoms. The first-order valence-electron chi connectivity index (χ1n) is 7.08. The lowest BCUT2D eigenvalue weighted by molar-refractivity contribution is 0.0502. The Morgan fingerprint density at radius 2 is 1.65 bits per heavy atom. The molecule has 0 aromatic heterocycles. The van der Waals surface area contributed by atoms with Crippen LogP contribution in [0.25, 0.3) is 0 Å². The quantitative estimate of drug-likeness (QED) is 0.368. The number of carbonyl (C=O) groups is 1. The maximum atomic E-state index is 11.5. The van der Waals surface area contributed by atoms with Gasteiger partial charge in [-0.15, -0.1) is 5.10 Å². The number of benzene rings is 1. The smallest absolute Gasteiger partial charge is 0.446 e. The lowest BCUT2D eigenvalue weighted by Gasteiger charge is -2.11. The Morgan fingerprint density at radius 3 is 2.17 bits per heavy atom. The van der Waals surface area contributed by atoms with Crippen molar-refractivity contribution in [3.63, 3.8) is 0 Å². The molecule has 0 saturated heterocycles. The van der Waals surface area contributed by atoms with Gasteiger partial charge in [0.05, 0.1) is 12.2 Å². The van der Waals surface area contributed by atoms with Crippen molar-refractivity contribution in [2.75, 3.05) is 0 Å². The van der Waals surface area contributed by atoms with Crippen LogP contribution in [0.4, 0.5) is 4.79 Å². The molecular formula is C16H19N3O4. The van der Waals surface area contributed by atoms with Crippen LogP contribution >= 0.6 is 0 Å². The van der Waals surface area contributed by atoms with Gasteiger partial charge >= 0.3 is 12.2 Å². The zero-order valence-corrected chi connectivity index (χ0v) is 13.5. The third-order valence-corrected chi connectivity index (χ3v) is 2.22. The fourth-order valence-corrected chi connectivity index (χ4v) is 1.39. The number of hydrogen-bond acceptors (Lipinski definition) is 7. The maximum absolute atomic E-state index is 11.5. The fraction of sp³-hybridized carbons (Fsp3) is 0.375. The minimum absolute atomic E-state index is 0.0660. The molecule has 0 amide bonds. The van der Waals surface area contributed by atoms with E-state index in [1.54, 1.807) is 52.0 Å². The summed E-state index contributed by atoms with van der Waals surface area (Å²) in [6.07, 6.45) is -1.97. The highest BCUT2D eigenvalue weighted by molar-refractivity contribution is 6.11. The Bertz CT molecular complexity index is 616. The Balaban J connectivity index is 2.96. The lowest BCUT2D eigenvalue weighted by Crippen LogP contribution is -2.21. The summed E-state index contributed by atoms with van der Waals surface area (Å²) in [5.41, 5.74) is 0.656. The number of carbonyl (C=O) groups excluding carboxylic acids is 1. The van der Waals surface area contributed by atoms with E-state index >= 15 is 0 Å². The van der Waals surface area contributed by atoms with Gasteiger partial charge < -0.3 is 14.2 Å². The number of ether oxygens (including phenoxy) is 3. The molecule has 1 aromatic carbocycles. The zero-order valence-electron chi connectivity index (χ0n) is 13.5. The molecule has 23 heavy (non-hydrogen) atoms. The second-order valence-corrected chi connectivity index (χ2v) is 4.98. The van der Waals surface area contributed by atoms with Gasteiger partial charge in [0.2, 0.25) is 0 Å². The highest BCUT2D eigenvalue weighted by atomic mass is 16.8. The standard InChI is InChI=1S/C16H19N3O4/c1-11(2)21-15(23-16(20)22-12(3)4)19-18-14(10-17)13-8-6-5-7-9-13/h5-9,11-12H,1-4H3/b18-14+,19-15-. The van der Waals surface area contributed by atoms with Crippen molar-refractivity contribution in [3.05, 3.63) is 35.9 Å². The van der Waals surface area contributed by atoms with Gasteiger partial charge in [-0.3, -0.25) is 0 Å². The van der Waals surface area contributed by atoms with E-state index in [0.717, 1.165) is 0 Å². The fourth-order valence-electron chi connectivity index (χ4n) is 1.39. The van der Waals surface area contributed by atoms with Crippen LogP contribution in [0.3, 0.4) is 0 Å². The summed E-state index contributed by atoms with van der Waals surface area (Å²) in [6, 6.07) is 10.7. The normalized spacial score (nSPS) is 12.0. The van der Waals surface area contributed by atoms with Crippen LogP contribution in [0.2, 0.25) is 0 Å². The summed E-state index contributed by atoms with van der Waals surface area (Å²) in [5, 5.41) is 16.6. The number of hydrogen-bond donors (Lipinski definition) is 0. The summed E-state index contributed by atoms with van der Waals surface area (Å²) in [6.45, 7) is 6.84. The topological polar surface area (TPSA) is 93.3 Å². The van der Waals surface area contributed by atoms with Crippen LogP contribution < -0.4 is 0 Å². The van der Waals surface area contributed by atoms with E-state index in [2.05, 4.69) is 10.2 Å². The Kier molecular flexibility index (Phi) is 7.27. The molecule has 1 aromatic rings. The van der Waals surface area contributed by atoms with E-state index in [1.807, 2.05) is 12.1 Å². The molecular weight excluding hydrogens is 298 g/mol. The molecule has 0 radical (unpaired) electrons. The molecule has 122 valence electrons. The first kappa shape index (κ1) is 18.2. The van der Waals surface area contributed by atoms with Gasteiger partial charge in [-0.2, -0.15) is 5.26 Å². The van der Waals surface area contributed by atoms with Gasteiger partial charge in [-0.05, 0) is 27.7 Å². The molecule has 0 aliphatic rings. The average molecular weight is 317 g/mol. The van der Waals surface area contributed by atoms with E-state index < -0.39 is 6.16 Å². The molecule has 0 atom stereocenters. The molecule has 0 heterocycles. The largest absolute Gasteiger partial charge is 0.517 e. The van der Waals surface area contributed by atoms with Crippen LogP contribution in [0.15, 0.2) is 40.5 Å². The van der Waals surface area contributed by atoms with Crippen LogP contribution in [0.1, 0.15) is 33.3 Å². The summed E-state index contributed by atoms with van der Waals surface area (Å²) in [5.74, 6) is 0. The van der Waals surface area contributed by atoms with Crippen LogP contribution in [0.5, 0.6) is 0 Å². The monoisotopic (exact) mass is 317 g/mol. The third-order valence-electron chi connectivity index (χ3n) is 2.22. The maximum Gasteiger partial charge on any atom is 0.517 e. The van der Waals surface area contributed by atoms with Crippen molar-refractivity contribution < 1.29 is 19.0 Å². The average Bonchev–Trinajstić information content (AvgIpc) is 2.47. The molecule has 0 bridgehead atoms. The van der Waals surface area contributed by atoms with Crippen LogP contribution in [0, 0.1) is 11.3 Å². The Morgan fingerprint density at radius 1 is 1.04 bits per heavy atom. The zero-order chi connectivity index (χ0) is 17.2. The van der Waals surface area contributed by atoms with Gasteiger partial charge in [0.25, 0.3) is 0 Å². The SMILES string of the molecule is CC(C)OC(=O)O/C(=N\N=C(/C#N)c1ccccc1)OC(C)C. The number of nitriles is 1. The summed E-state index contributed by atoms with van der Waals surface area (Å²) >= 11 is 0. The van der Waals surface area contributed by atoms with Crippen molar-refractivity contribution in [2.45, 2.75) is 39.9 Å². The first-order chi connectivity index (χ1) is 10.9. The van der Waals surface area contributed by atoms with Gasteiger partial charge in [0.15, 0.2) is 5.71 Å². The van der Waals surface area contributed by atoms with E-state index in [-0.39, 0.29) is 24.0 Å². The van der Waals surface area contributed by atoms with Gasteiger partial charge in [-0.25, -0.2) is 4.79 Å².